The SMILES string of the molecule is CCCN1CC[C@@H](NCc2ccc(SC)cc2)[C@@H](NC(=O)CNC(=O)c2cc(C(F)(F)F)ccc2NC(=O)NC)C1. The van der Waals surface area contributed by atoms with Crippen LogP contribution in [0.5, 0.6) is 0 Å². The van der Waals surface area contributed by atoms with E-state index in [9.17, 15) is 27.6 Å². The zero-order chi connectivity index (χ0) is 30.0. The van der Waals surface area contributed by atoms with Crippen LogP contribution in [0.3, 0.4) is 0 Å². The number of amides is 4. The molecule has 0 unspecified atom stereocenters. The number of urea groups is 1. The van der Waals surface area contributed by atoms with Crippen molar-refractivity contribution in [2.24, 2.45) is 0 Å². The molecule has 0 aliphatic carbocycles. The molecule has 2 aromatic rings. The van der Waals surface area contributed by atoms with Crippen molar-refractivity contribution < 1.29 is 27.6 Å². The van der Waals surface area contributed by atoms with Gasteiger partial charge in [0.25, 0.3) is 5.91 Å². The van der Waals surface area contributed by atoms with E-state index in [1.165, 1.54) is 11.9 Å². The van der Waals surface area contributed by atoms with Gasteiger partial charge in [-0.2, -0.15) is 13.2 Å². The van der Waals surface area contributed by atoms with Gasteiger partial charge in [0.1, 0.15) is 0 Å². The molecule has 1 saturated heterocycles. The van der Waals surface area contributed by atoms with E-state index < -0.39 is 41.7 Å². The maximum atomic E-state index is 13.3. The summed E-state index contributed by atoms with van der Waals surface area (Å²) in [7, 11) is 1.33. The van der Waals surface area contributed by atoms with Gasteiger partial charge in [-0.05, 0) is 68.1 Å². The Labute approximate surface area is 242 Å². The standard InChI is InChI=1S/C28H37F3N6O3S/c1-4-12-37-13-11-23(33-15-18-5-8-20(41-3)9-6-18)24(17-37)35-25(38)16-34-26(39)21-14-19(28(29,30)31)7-10-22(21)36-27(40)32-2/h5-10,14,23-24,33H,4,11-13,15-17H2,1-3H3,(H,34,39)(H,35,38)(H2,32,36,40)/t23-,24+/m1/s1. The predicted molar refractivity (Wildman–Crippen MR) is 154 cm³/mol. The van der Waals surface area contributed by atoms with E-state index in [1.54, 1.807) is 11.8 Å². The van der Waals surface area contributed by atoms with Crippen LogP contribution in [0.25, 0.3) is 0 Å². The molecule has 0 aromatic heterocycles. The van der Waals surface area contributed by atoms with Crippen LogP contribution < -0.4 is 26.6 Å². The minimum absolute atomic E-state index is 0.00481. The first-order valence-electron chi connectivity index (χ1n) is 13.4. The summed E-state index contributed by atoms with van der Waals surface area (Å²) in [6.07, 6.45) is -0.880. The minimum Gasteiger partial charge on any atom is -0.349 e. The highest BCUT2D eigenvalue weighted by atomic mass is 32.2. The first-order chi connectivity index (χ1) is 19.5. The van der Waals surface area contributed by atoms with Gasteiger partial charge >= 0.3 is 12.2 Å². The van der Waals surface area contributed by atoms with Crippen LogP contribution in [0.4, 0.5) is 23.7 Å². The molecule has 3 rings (SSSR count). The number of benzene rings is 2. The third-order valence-electron chi connectivity index (χ3n) is 6.79. The lowest BCUT2D eigenvalue weighted by atomic mass is 9.98. The highest BCUT2D eigenvalue weighted by molar-refractivity contribution is 7.98. The second-order valence-corrected chi connectivity index (χ2v) is 10.6. The normalized spacial score (nSPS) is 17.5. The fraction of sp³-hybridized carbons (Fsp3) is 0.464. The van der Waals surface area contributed by atoms with Crippen LogP contribution in [0.1, 0.15) is 41.3 Å². The van der Waals surface area contributed by atoms with E-state index in [1.807, 2.05) is 6.26 Å². The fourth-order valence-electron chi connectivity index (χ4n) is 4.64. The van der Waals surface area contributed by atoms with E-state index in [2.05, 4.69) is 62.7 Å². The second kappa shape index (κ2) is 15.1. The molecular formula is C28H37F3N6O3S. The number of likely N-dealkylation sites (tertiary alicyclic amines) is 1. The van der Waals surface area contributed by atoms with Crippen molar-refractivity contribution in [1.82, 2.24) is 26.2 Å². The van der Waals surface area contributed by atoms with Gasteiger partial charge in [0.05, 0.1) is 29.4 Å². The Morgan fingerprint density at radius 2 is 1.80 bits per heavy atom. The average Bonchev–Trinajstić information content (AvgIpc) is 2.95. The summed E-state index contributed by atoms with van der Waals surface area (Å²) >= 11 is 1.67. The summed E-state index contributed by atoms with van der Waals surface area (Å²) in [5, 5.41) is 13.5. The number of halogens is 3. The smallest absolute Gasteiger partial charge is 0.349 e. The third kappa shape index (κ3) is 9.65. The zero-order valence-electron chi connectivity index (χ0n) is 23.4. The van der Waals surface area contributed by atoms with Gasteiger partial charge in [-0.15, -0.1) is 11.8 Å². The van der Waals surface area contributed by atoms with Crippen molar-refractivity contribution in [1.29, 1.82) is 0 Å². The number of rotatable bonds is 11. The number of carbonyl (C=O) groups is 3. The molecule has 13 heteroatoms. The molecule has 4 amide bonds. The quantitative estimate of drug-likeness (QED) is 0.254. The van der Waals surface area contributed by atoms with Gasteiger partial charge in [0.2, 0.25) is 5.91 Å². The van der Waals surface area contributed by atoms with Crippen LogP contribution >= 0.6 is 11.8 Å². The summed E-state index contributed by atoms with van der Waals surface area (Å²) in [4.78, 5) is 41.0. The molecule has 0 spiro atoms. The number of thioether (sulfide) groups is 1. The topological polar surface area (TPSA) is 115 Å². The molecule has 0 radical (unpaired) electrons. The van der Waals surface area contributed by atoms with Crippen LogP contribution in [-0.4, -0.2) is 74.3 Å². The van der Waals surface area contributed by atoms with E-state index in [0.717, 1.165) is 43.6 Å². The predicted octanol–water partition coefficient (Wildman–Crippen LogP) is 3.67. The highest BCUT2D eigenvalue weighted by Gasteiger charge is 2.33. The number of piperidine rings is 1. The first-order valence-corrected chi connectivity index (χ1v) is 14.6. The molecule has 0 bridgehead atoms. The van der Waals surface area contributed by atoms with Crippen LogP contribution in [0, 0.1) is 0 Å². The Morgan fingerprint density at radius 1 is 1.07 bits per heavy atom. The lowest BCUT2D eigenvalue weighted by Gasteiger charge is -2.39. The molecule has 2 aromatic carbocycles. The van der Waals surface area contributed by atoms with Crippen molar-refractivity contribution in [2.75, 3.05) is 44.8 Å². The van der Waals surface area contributed by atoms with Crippen LogP contribution in [0.2, 0.25) is 0 Å². The van der Waals surface area contributed by atoms with Gasteiger partial charge < -0.3 is 31.5 Å². The Morgan fingerprint density at radius 3 is 2.44 bits per heavy atom. The summed E-state index contributed by atoms with van der Waals surface area (Å²) in [6.45, 7) is 4.69. The van der Waals surface area contributed by atoms with Gasteiger partial charge in [0.15, 0.2) is 0 Å². The second-order valence-electron chi connectivity index (χ2n) is 9.74. The lowest BCUT2D eigenvalue weighted by Crippen LogP contribution is -2.60. The summed E-state index contributed by atoms with van der Waals surface area (Å²) in [6, 6.07) is 9.73. The Bertz CT molecular complexity index is 1200. The molecule has 1 heterocycles. The molecule has 224 valence electrons. The largest absolute Gasteiger partial charge is 0.416 e. The van der Waals surface area contributed by atoms with E-state index in [0.29, 0.717) is 19.2 Å². The van der Waals surface area contributed by atoms with E-state index in [-0.39, 0.29) is 17.8 Å². The number of carbonyl (C=O) groups excluding carboxylic acids is 3. The van der Waals surface area contributed by atoms with Crippen LogP contribution in [0.15, 0.2) is 47.4 Å². The van der Waals surface area contributed by atoms with E-state index >= 15 is 0 Å². The number of nitrogens with zero attached hydrogens (tertiary/aromatic N) is 1. The molecule has 41 heavy (non-hydrogen) atoms. The molecular weight excluding hydrogens is 557 g/mol. The van der Waals surface area contributed by atoms with Gasteiger partial charge in [-0.1, -0.05) is 19.1 Å². The maximum Gasteiger partial charge on any atom is 0.416 e. The third-order valence-corrected chi connectivity index (χ3v) is 7.53. The Hall–Kier alpha value is -3.29. The van der Waals surface area contributed by atoms with Crippen LogP contribution in [-0.2, 0) is 17.5 Å². The van der Waals surface area contributed by atoms with Gasteiger partial charge in [0, 0.05) is 31.1 Å². The van der Waals surface area contributed by atoms with Gasteiger partial charge in [-0.25, -0.2) is 4.79 Å². The minimum atomic E-state index is -4.69. The van der Waals surface area contributed by atoms with Crippen molar-refractivity contribution in [3.05, 3.63) is 59.2 Å². The van der Waals surface area contributed by atoms with Crippen molar-refractivity contribution in [3.8, 4) is 0 Å². The van der Waals surface area contributed by atoms with Crippen molar-refractivity contribution in [3.63, 3.8) is 0 Å². The maximum absolute atomic E-state index is 13.3. The lowest BCUT2D eigenvalue weighted by molar-refractivity contribution is -0.137. The fourth-order valence-corrected chi connectivity index (χ4v) is 5.05. The average molecular weight is 595 g/mol. The van der Waals surface area contributed by atoms with Crippen molar-refractivity contribution in [2.45, 2.75) is 49.5 Å². The number of anilines is 1. The van der Waals surface area contributed by atoms with Crippen molar-refractivity contribution >= 4 is 35.3 Å². The summed E-state index contributed by atoms with van der Waals surface area (Å²) in [5.41, 5.74) is -0.453. The van der Waals surface area contributed by atoms with E-state index in [4.69, 9.17) is 0 Å². The molecule has 1 fully saturated rings. The number of hydrogen-bond donors (Lipinski definition) is 5. The zero-order valence-corrected chi connectivity index (χ0v) is 24.2. The molecule has 0 saturated carbocycles. The Kier molecular flexibility index (Phi) is 11.9. The molecule has 9 nitrogen and oxygen atoms in total. The Balaban J connectivity index is 1.65. The summed E-state index contributed by atoms with van der Waals surface area (Å²) in [5.74, 6) is -1.39. The molecule has 2 atom stereocenters. The molecule has 1 aliphatic heterocycles. The van der Waals surface area contributed by atoms with Gasteiger partial charge in [-0.3, -0.25) is 9.59 Å². The number of hydrogen-bond acceptors (Lipinski definition) is 6. The molecule has 5 N–H and O–H groups in total. The number of nitrogens with one attached hydrogen (secondary N) is 5. The highest BCUT2D eigenvalue weighted by Crippen LogP contribution is 2.32. The molecule has 1 aliphatic rings. The monoisotopic (exact) mass is 594 g/mol. The number of alkyl halides is 3. The summed E-state index contributed by atoms with van der Waals surface area (Å²) < 4.78 is 39.9. The first kappa shape index (κ1) is 32.2.